The molecule has 3 aliphatic rings. The highest BCUT2D eigenvalue weighted by atomic mass is 32.2. The molecular formula is C59H45NOS3Si. The summed E-state index contributed by atoms with van der Waals surface area (Å²) in [7, 11) is -1.87. The molecule has 9 aromatic carbocycles. The van der Waals surface area contributed by atoms with Gasteiger partial charge in [-0.2, -0.15) is 0 Å². The molecule has 0 unspecified atom stereocenters. The maximum absolute atomic E-state index is 6.38. The Kier molecular flexibility index (Phi) is 9.80. The number of nitrogens with zero attached hydrogens (tertiary/aromatic N) is 1. The Labute approximate surface area is 395 Å². The number of anilines is 3. The molecule has 0 fully saturated rings. The van der Waals surface area contributed by atoms with Gasteiger partial charge in [-0.3, -0.25) is 0 Å². The minimum absolute atomic E-state index is 0.0854. The van der Waals surface area contributed by atoms with E-state index in [4.69, 9.17) is 4.74 Å². The zero-order valence-electron chi connectivity index (χ0n) is 36.6. The maximum atomic E-state index is 6.38. The van der Waals surface area contributed by atoms with Gasteiger partial charge in [-0.15, -0.1) is 0 Å². The fraction of sp³-hybridized carbons (Fsp3) is 0.0847. The van der Waals surface area contributed by atoms with E-state index in [2.05, 4.69) is 220 Å². The van der Waals surface area contributed by atoms with Gasteiger partial charge in [-0.05, 0) is 122 Å². The van der Waals surface area contributed by atoms with Crippen molar-refractivity contribution in [2.45, 2.75) is 61.7 Å². The number of fused-ring (bicyclic) bond motifs is 6. The molecule has 0 bridgehead atoms. The van der Waals surface area contributed by atoms with Crippen molar-refractivity contribution in [2.24, 2.45) is 0 Å². The highest BCUT2D eigenvalue weighted by Crippen LogP contribution is 2.53. The largest absolute Gasteiger partial charge is 0.455 e. The molecule has 0 radical (unpaired) electrons. The third-order valence-corrected chi connectivity index (χ3v) is 21.0. The van der Waals surface area contributed by atoms with Crippen LogP contribution in [0.15, 0.2) is 230 Å². The van der Waals surface area contributed by atoms with Crippen LogP contribution < -0.4 is 20.0 Å². The number of rotatable bonds is 6. The Hall–Kier alpha value is -6.15. The van der Waals surface area contributed by atoms with Gasteiger partial charge >= 0.3 is 0 Å². The van der Waals surface area contributed by atoms with Crippen molar-refractivity contribution in [3.63, 3.8) is 0 Å². The second-order valence-electron chi connectivity index (χ2n) is 18.1. The molecule has 0 amide bonds. The van der Waals surface area contributed by atoms with Gasteiger partial charge in [0.15, 0.2) is 0 Å². The Morgan fingerprint density at radius 3 is 1.49 bits per heavy atom. The molecule has 0 N–H and O–H groups in total. The van der Waals surface area contributed by atoms with Gasteiger partial charge in [-0.25, -0.2) is 0 Å². The van der Waals surface area contributed by atoms with Crippen LogP contribution in [0.25, 0.3) is 33.4 Å². The molecular weight excluding hydrogens is 863 g/mol. The summed E-state index contributed by atoms with van der Waals surface area (Å²) in [5, 5.41) is 3.05. The lowest BCUT2D eigenvalue weighted by atomic mass is 9.77. The normalized spacial score (nSPS) is 14.6. The number of para-hydroxylation sites is 1. The third-order valence-electron chi connectivity index (χ3n) is 13.5. The van der Waals surface area contributed by atoms with Gasteiger partial charge in [0, 0.05) is 42.1 Å². The first-order chi connectivity index (χ1) is 31.7. The van der Waals surface area contributed by atoms with Crippen molar-refractivity contribution < 1.29 is 4.74 Å². The van der Waals surface area contributed by atoms with E-state index in [-0.39, 0.29) is 5.41 Å². The lowest BCUT2D eigenvalue weighted by Gasteiger charge is -2.35. The monoisotopic (exact) mass is 907 g/mol. The van der Waals surface area contributed by atoms with Gasteiger partial charge in [0.1, 0.15) is 19.6 Å². The minimum atomic E-state index is -1.87. The summed E-state index contributed by atoms with van der Waals surface area (Å²) in [4.78, 5) is 10.2. The van der Waals surface area contributed by atoms with E-state index < -0.39 is 8.07 Å². The van der Waals surface area contributed by atoms with E-state index in [0.29, 0.717) is 0 Å². The second-order valence-corrected chi connectivity index (χ2v) is 25.6. The smallest absolute Gasteiger partial charge is 0.142 e. The molecule has 0 saturated heterocycles. The predicted octanol–water partition coefficient (Wildman–Crippen LogP) is 16.5. The van der Waals surface area contributed by atoms with E-state index in [1.807, 2.05) is 35.7 Å². The van der Waals surface area contributed by atoms with Crippen molar-refractivity contribution in [3.05, 3.63) is 211 Å². The molecule has 0 aromatic heterocycles. The lowest BCUT2D eigenvalue weighted by molar-refractivity contribution is 0.455. The molecule has 0 spiro atoms. The number of hydrogen-bond donors (Lipinski definition) is 0. The Morgan fingerprint density at radius 2 is 0.831 bits per heavy atom. The van der Waals surface area contributed by atoms with Crippen LogP contribution in [0, 0.1) is 0 Å². The van der Waals surface area contributed by atoms with Crippen LogP contribution in [0.1, 0.15) is 25.0 Å². The highest BCUT2D eigenvalue weighted by molar-refractivity contribution is 8.00. The SMILES string of the molecule is CC1(C)c2ccccc2Sc2c(-c3ccc(N(c4ccc(-c5cccc6c5Sc5ccccc5O6)cc4)c4ccc(-c5cccc6c5Sc5ccccc5[Si]6(C)C)cc4)cc3)cccc21. The summed E-state index contributed by atoms with van der Waals surface area (Å²) >= 11 is 5.61. The summed E-state index contributed by atoms with van der Waals surface area (Å²) < 4.78 is 6.38. The van der Waals surface area contributed by atoms with Gasteiger partial charge in [-0.1, -0.05) is 196 Å². The van der Waals surface area contributed by atoms with Crippen LogP contribution in [-0.2, 0) is 5.41 Å². The van der Waals surface area contributed by atoms with E-state index >= 15 is 0 Å². The first kappa shape index (κ1) is 40.4. The van der Waals surface area contributed by atoms with Crippen molar-refractivity contribution in [1.82, 2.24) is 0 Å². The van der Waals surface area contributed by atoms with Crippen molar-refractivity contribution in [1.29, 1.82) is 0 Å². The molecule has 65 heavy (non-hydrogen) atoms. The van der Waals surface area contributed by atoms with Gasteiger partial charge in [0.05, 0.1) is 9.79 Å². The standard InChI is InChI=1S/C59H45NOS3Si/c1-59(2)47-17-5-7-21-51(47)62-56-44(14-11-18-48(56)59)38-26-32-41(33-27-38)60(42-34-28-39(29-35-42)45-15-12-20-50-57(45)63-52-22-8-6-19-49(52)61-50)43-36-30-40(31-37-43)46-16-13-25-55-58(46)64-53-23-9-10-24-54(53)65(55,3)4/h5-37H,1-4H3. The van der Waals surface area contributed by atoms with Gasteiger partial charge < -0.3 is 9.64 Å². The quantitative estimate of drug-likeness (QED) is 0.154. The molecule has 9 aromatic rings. The summed E-state index contributed by atoms with van der Waals surface area (Å²) in [5.41, 5.74) is 13.3. The summed E-state index contributed by atoms with van der Waals surface area (Å²) in [5.74, 6) is 1.81. The number of benzene rings is 9. The maximum Gasteiger partial charge on any atom is 0.142 e. The molecule has 3 heterocycles. The lowest BCUT2D eigenvalue weighted by Crippen LogP contribution is -2.56. The van der Waals surface area contributed by atoms with E-state index in [1.165, 1.54) is 68.9 Å². The van der Waals surface area contributed by atoms with E-state index in [9.17, 15) is 0 Å². The molecule has 0 saturated carbocycles. The molecule has 0 aliphatic carbocycles. The fourth-order valence-corrected chi connectivity index (χ4v) is 18.2. The van der Waals surface area contributed by atoms with Gasteiger partial charge in [0.2, 0.25) is 0 Å². The van der Waals surface area contributed by atoms with Crippen molar-refractivity contribution in [2.75, 3.05) is 4.90 Å². The third kappa shape index (κ3) is 6.80. The van der Waals surface area contributed by atoms with Gasteiger partial charge in [0.25, 0.3) is 0 Å². The van der Waals surface area contributed by atoms with Crippen molar-refractivity contribution >= 4 is 70.8 Å². The topological polar surface area (TPSA) is 12.5 Å². The summed E-state index contributed by atoms with van der Waals surface area (Å²) in [6, 6.07) is 73.8. The molecule has 2 nitrogen and oxygen atoms in total. The minimum Gasteiger partial charge on any atom is -0.455 e. The Balaban J connectivity index is 0.927. The molecule has 0 atom stereocenters. The van der Waals surface area contributed by atoms with E-state index in [1.54, 1.807) is 11.8 Å². The summed E-state index contributed by atoms with van der Waals surface area (Å²) in [6.45, 7) is 9.71. The highest BCUT2D eigenvalue weighted by Gasteiger charge is 2.37. The first-order valence-electron chi connectivity index (χ1n) is 22.2. The van der Waals surface area contributed by atoms with Crippen LogP contribution in [-0.4, -0.2) is 8.07 Å². The zero-order valence-corrected chi connectivity index (χ0v) is 40.1. The van der Waals surface area contributed by atoms with Crippen LogP contribution in [0.4, 0.5) is 17.1 Å². The fourth-order valence-electron chi connectivity index (χ4n) is 9.98. The zero-order chi connectivity index (χ0) is 43.9. The van der Waals surface area contributed by atoms with Crippen LogP contribution in [0.5, 0.6) is 11.5 Å². The Morgan fingerprint density at radius 1 is 0.385 bits per heavy atom. The summed E-state index contributed by atoms with van der Waals surface area (Å²) in [6.07, 6.45) is 0. The van der Waals surface area contributed by atoms with Crippen LogP contribution in [0.2, 0.25) is 13.1 Å². The van der Waals surface area contributed by atoms with E-state index in [0.717, 1.165) is 43.9 Å². The molecule has 6 heteroatoms. The average Bonchev–Trinajstić information content (AvgIpc) is 3.34. The Bertz CT molecular complexity index is 3170. The molecule has 314 valence electrons. The number of hydrogen-bond acceptors (Lipinski definition) is 5. The number of ether oxygens (including phenoxy) is 1. The van der Waals surface area contributed by atoms with Crippen molar-refractivity contribution in [3.8, 4) is 44.9 Å². The molecule has 12 rings (SSSR count). The second kappa shape index (κ2) is 15.8. The average molecular weight is 908 g/mol. The predicted molar refractivity (Wildman–Crippen MR) is 278 cm³/mol. The van der Waals surface area contributed by atoms with Crippen LogP contribution in [0.3, 0.4) is 0 Å². The first-order valence-corrected chi connectivity index (χ1v) is 27.7. The molecule has 3 aliphatic heterocycles. The van der Waals surface area contributed by atoms with Crippen LogP contribution >= 0.6 is 35.3 Å².